The number of hydrogen-bond acceptors (Lipinski definition) is 6. The van der Waals surface area contributed by atoms with Crippen LogP contribution in [0.15, 0.2) is 47.9 Å². The maximum absolute atomic E-state index is 10.5. The molecule has 2 aliphatic heterocycles. The van der Waals surface area contributed by atoms with Crippen molar-refractivity contribution < 1.29 is 19.3 Å². The molecule has 0 fully saturated rings. The summed E-state index contributed by atoms with van der Waals surface area (Å²) >= 11 is 1.74. The molecule has 0 saturated carbocycles. The van der Waals surface area contributed by atoms with Crippen LogP contribution in [0, 0.1) is 0 Å². The van der Waals surface area contributed by atoms with Crippen molar-refractivity contribution in [2.45, 2.75) is 58.8 Å². The molecule has 5 nitrogen and oxygen atoms in total. The van der Waals surface area contributed by atoms with Crippen molar-refractivity contribution in [3.05, 3.63) is 59.0 Å². The number of ether oxygens (including phenoxy) is 3. The molecule has 1 atom stereocenters. The summed E-state index contributed by atoms with van der Waals surface area (Å²) < 4.78 is 17.2. The number of hydrogen-bond donors (Lipinski definition) is 2. The van der Waals surface area contributed by atoms with E-state index in [4.69, 9.17) is 14.2 Å². The molecule has 0 bridgehead atoms. The summed E-state index contributed by atoms with van der Waals surface area (Å²) in [7, 11) is 3.29. The number of benzene rings is 2. The predicted molar refractivity (Wildman–Crippen MR) is 154 cm³/mol. The fraction of sp³-hybridized carbons (Fsp3) is 0.400. The van der Waals surface area contributed by atoms with Gasteiger partial charge in [-0.1, -0.05) is 32.1 Å². The van der Waals surface area contributed by atoms with Crippen LogP contribution in [0.4, 0.5) is 5.69 Å². The lowest BCUT2D eigenvalue weighted by atomic mass is 9.83. The van der Waals surface area contributed by atoms with Crippen molar-refractivity contribution in [3.63, 3.8) is 0 Å². The first kappa shape index (κ1) is 27.8. The van der Waals surface area contributed by atoms with Crippen molar-refractivity contribution in [1.29, 1.82) is 0 Å². The van der Waals surface area contributed by atoms with Crippen LogP contribution in [0.2, 0.25) is 0 Å². The second-order valence-corrected chi connectivity index (χ2v) is 10.5. The summed E-state index contributed by atoms with van der Waals surface area (Å²) in [5, 5.41) is 16.4. The zero-order chi connectivity index (χ0) is 26.5. The number of phenolic OH excluding ortho intramolecular Hbond substituents is 1. The Morgan fingerprint density at radius 1 is 1.11 bits per heavy atom. The summed E-state index contributed by atoms with van der Waals surface area (Å²) in [5.74, 6) is 2.00. The Balaban J connectivity index is 0.00000176. The smallest absolute Gasteiger partial charge is 0.172 e. The highest BCUT2D eigenvalue weighted by Crippen LogP contribution is 2.53. The first-order chi connectivity index (χ1) is 17.3. The number of allylic oxidation sites excluding steroid dienone is 1. The average molecular weight is 510 g/mol. The van der Waals surface area contributed by atoms with Gasteiger partial charge >= 0.3 is 0 Å². The first-order valence-electron chi connectivity index (χ1n) is 12.5. The first-order valence-corrected chi connectivity index (χ1v) is 13.4. The van der Waals surface area contributed by atoms with E-state index in [9.17, 15) is 5.11 Å². The molecule has 2 heterocycles. The molecule has 0 saturated heterocycles. The van der Waals surface area contributed by atoms with Crippen LogP contribution in [0.25, 0.3) is 22.5 Å². The fourth-order valence-electron chi connectivity index (χ4n) is 4.65. The zero-order valence-corrected chi connectivity index (χ0v) is 23.5. The monoisotopic (exact) mass is 509 g/mol. The molecular weight excluding hydrogens is 470 g/mol. The molecule has 0 spiro atoms. The Bertz CT molecular complexity index is 1180. The molecule has 0 amide bonds. The van der Waals surface area contributed by atoms with E-state index in [1.54, 1.807) is 38.1 Å². The van der Waals surface area contributed by atoms with Gasteiger partial charge in [0.15, 0.2) is 11.5 Å². The standard InChI is InChI=1S/C28H33NO4S.C2H6/c1-17-16-28(3,4)29-20-10-9-19-25(24(17)20)23(15-18(2)34-14-8-7-13-31-5)33-22-12-11-21(30)27(32-6)26(19)22;1-2/h8-12,14-16,18,29-30H,7,13H2,1-6H3;1-2H3/b14-8-,23-15-;. The molecule has 0 aliphatic carbocycles. The lowest BCUT2D eigenvalue weighted by Gasteiger charge is -2.35. The third kappa shape index (κ3) is 5.76. The third-order valence-electron chi connectivity index (χ3n) is 5.94. The van der Waals surface area contributed by atoms with Crippen molar-refractivity contribution >= 4 is 28.8 Å². The lowest BCUT2D eigenvalue weighted by molar-refractivity contribution is 0.204. The summed E-state index contributed by atoms with van der Waals surface area (Å²) in [6, 6.07) is 7.62. The van der Waals surface area contributed by atoms with Crippen molar-refractivity contribution in [2.75, 3.05) is 26.1 Å². The number of fused-ring (bicyclic) bond motifs is 5. The van der Waals surface area contributed by atoms with Gasteiger partial charge in [0.25, 0.3) is 0 Å². The van der Waals surface area contributed by atoms with Crippen molar-refractivity contribution in [3.8, 4) is 28.4 Å². The van der Waals surface area contributed by atoms with E-state index in [0.29, 0.717) is 11.5 Å². The van der Waals surface area contributed by atoms with Gasteiger partial charge in [0, 0.05) is 41.3 Å². The second-order valence-electron chi connectivity index (χ2n) is 9.20. The molecule has 194 valence electrons. The number of anilines is 1. The molecule has 2 aromatic carbocycles. The Hall–Kier alpha value is -2.83. The third-order valence-corrected chi connectivity index (χ3v) is 6.85. The van der Waals surface area contributed by atoms with E-state index in [0.717, 1.165) is 46.7 Å². The Morgan fingerprint density at radius 3 is 2.56 bits per heavy atom. The highest BCUT2D eigenvalue weighted by molar-refractivity contribution is 8.02. The van der Waals surface area contributed by atoms with E-state index in [1.165, 1.54) is 5.57 Å². The van der Waals surface area contributed by atoms with E-state index >= 15 is 0 Å². The Kier molecular flexibility index (Phi) is 9.20. The normalized spacial score (nSPS) is 17.0. The minimum atomic E-state index is -0.144. The molecule has 2 aromatic rings. The van der Waals surface area contributed by atoms with Gasteiger partial charge in [0.2, 0.25) is 0 Å². The van der Waals surface area contributed by atoms with Gasteiger partial charge in [-0.15, -0.1) is 11.8 Å². The maximum atomic E-state index is 10.5. The van der Waals surface area contributed by atoms with Crippen LogP contribution in [-0.2, 0) is 4.74 Å². The van der Waals surface area contributed by atoms with Crippen molar-refractivity contribution in [2.24, 2.45) is 0 Å². The molecule has 0 aromatic heterocycles. The Morgan fingerprint density at radius 2 is 1.86 bits per heavy atom. The van der Waals surface area contributed by atoms with E-state index in [2.05, 4.69) is 68.8 Å². The van der Waals surface area contributed by atoms with E-state index in [1.807, 2.05) is 13.8 Å². The molecular formula is C30H39NO4S. The lowest BCUT2D eigenvalue weighted by Crippen LogP contribution is -2.32. The summed E-state index contributed by atoms with van der Waals surface area (Å²) in [6.07, 6.45) is 7.43. The van der Waals surface area contributed by atoms with Crippen LogP contribution in [0.3, 0.4) is 0 Å². The largest absolute Gasteiger partial charge is 0.504 e. The maximum Gasteiger partial charge on any atom is 0.172 e. The SMILES string of the molecule is CC.COCC/C=C\SC(C)/C=C1\Oc2ccc(O)c(OC)c2-c2ccc3c(c21)C(C)=CC(C)(C)N3. The molecule has 4 rings (SSSR count). The summed E-state index contributed by atoms with van der Waals surface area (Å²) in [4.78, 5) is 0. The number of thioether (sulfide) groups is 1. The molecule has 36 heavy (non-hydrogen) atoms. The van der Waals surface area contributed by atoms with Gasteiger partial charge in [-0.3, -0.25) is 0 Å². The highest BCUT2D eigenvalue weighted by Gasteiger charge is 2.33. The van der Waals surface area contributed by atoms with Crippen LogP contribution in [0.1, 0.15) is 59.1 Å². The zero-order valence-electron chi connectivity index (χ0n) is 22.7. The minimum absolute atomic E-state index is 0.0950. The van der Waals surface area contributed by atoms with Crippen LogP contribution >= 0.6 is 11.8 Å². The van der Waals surface area contributed by atoms with Gasteiger partial charge in [0.05, 0.1) is 18.2 Å². The van der Waals surface area contributed by atoms with Gasteiger partial charge < -0.3 is 24.6 Å². The minimum Gasteiger partial charge on any atom is -0.504 e. The summed E-state index contributed by atoms with van der Waals surface area (Å²) in [5.41, 5.74) is 6.01. The second kappa shape index (κ2) is 11.9. The van der Waals surface area contributed by atoms with Gasteiger partial charge in [0.1, 0.15) is 11.5 Å². The van der Waals surface area contributed by atoms with Crippen LogP contribution in [0.5, 0.6) is 17.2 Å². The molecule has 6 heteroatoms. The number of nitrogens with one attached hydrogen (secondary N) is 1. The van der Waals surface area contributed by atoms with E-state index in [-0.39, 0.29) is 16.5 Å². The van der Waals surface area contributed by atoms with Gasteiger partial charge in [-0.25, -0.2) is 0 Å². The number of rotatable bonds is 7. The molecule has 1 unspecified atom stereocenters. The average Bonchev–Trinajstić information content (AvgIpc) is 2.84. The topological polar surface area (TPSA) is 60.0 Å². The van der Waals surface area contributed by atoms with Gasteiger partial charge in [-0.05, 0) is 69.4 Å². The number of aromatic hydroxyl groups is 1. The van der Waals surface area contributed by atoms with E-state index < -0.39 is 0 Å². The van der Waals surface area contributed by atoms with Crippen molar-refractivity contribution in [1.82, 2.24) is 0 Å². The quantitative estimate of drug-likeness (QED) is 0.368. The Labute approximate surface area is 220 Å². The molecule has 2 aliphatic rings. The van der Waals surface area contributed by atoms with Gasteiger partial charge in [-0.2, -0.15) is 0 Å². The number of methoxy groups -OCH3 is 2. The fourth-order valence-corrected chi connectivity index (χ4v) is 5.35. The van der Waals surface area contributed by atoms with Crippen LogP contribution in [-0.4, -0.2) is 36.7 Å². The summed E-state index contributed by atoms with van der Waals surface area (Å²) in [6.45, 7) is 13.4. The number of phenols is 1. The van der Waals surface area contributed by atoms with Crippen LogP contribution < -0.4 is 14.8 Å². The predicted octanol–water partition coefficient (Wildman–Crippen LogP) is 8.11. The highest BCUT2D eigenvalue weighted by atomic mass is 32.2. The molecule has 2 N–H and O–H groups in total. The molecule has 0 radical (unpaired) electrons.